The van der Waals surface area contributed by atoms with Gasteiger partial charge in [0.1, 0.15) is 0 Å². The van der Waals surface area contributed by atoms with Crippen molar-refractivity contribution in [2.45, 2.75) is 6.54 Å². The molecular formula is C12H16Cl2N2O. The second-order valence-electron chi connectivity index (χ2n) is 4.18. The second kappa shape index (κ2) is 6.24. The maximum Gasteiger partial charge on any atom is 0.228 e. The summed E-state index contributed by atoms with van der Waals surface area (Å²) in [6.45, 7) is 2.26. The van der Waals surface area contributed by atoms with Gasteiger partial charge in [-0.1, -0.05) is 23.7 Å². The Bertz CT molecular complexity index is 377. The summed E-state index contributed by atoms with van der Waals surface area (Å²) >= 11 is 5.80. The van der Waals surface area contributed by atoms with E-state index in [1.54, 1.807) is 4.90 Å². The molecule has 5 heteroatoms. The summed E-state index contributed by atoms with van der Waals surface area (Å²) in [4.78, 5) is 13.6. The van der Waals surface area contributed by atoms with Crippen LogP contribution < -0.4 is 5.32 Å². The van der Waals surface area contributed by atoms with Gasteiger partial charge in [-0.15, -0.1) is 12.4 Å². The van der Waals surface area contributed by atoms with E-state index in [9.17, 15) is 4.79 Å². The average Bonchev–Trinajstić information content (AvgIpc) is 2.19. The third-order valence-electron chi connectivity index (χ3n) is 2.84. The minimum atomic E-state index is 0. The predicted octanol–water partition coefficient (Wildman–Crippen LogP) is 1.94. The molecular weight excluding hydrogens is 259 g/mol. The lowest BCUT2D eigenvalue weighted by atomic mass is 10.0. The number of hydrogen-bond acceptors (Lipinski definition) is 2. The summed E-state index contributed by atoms with van der Waals surface area (Å²) in [7, 11) is 1.84. The zero-order valence-electron chi connectivity index (χ0n) is 9.65. The van der Waals surface area contributed by atoms with Gasteiger partial charge in [-0.3, -0.25) is 4.79 Å². The molecule has 0 aromatic heterocycles. The highest BCUT2D eigenvalue weighted by Gasteiger charge is 2.27. The Morgan fingerprint density at radius 3 is 2.47 bits per heavy atom. The molecule has 1 N–H and O–H groups in total. The van der Waals surface area contributed by atoms with Crippen molar-refractivity contribution in [3.05, 3.63) is 34.9 Å². The largest absolute Gasteiger partial charge is 0.341 e. The van der Waals surface area contributed by atoms with Crippen LogP contribution in [0.5, 0.6) is 0 Å². The Morgan fingerprint density at radius 2 is 2.00 bits per heavy atom. The second-order valence-corrected chi connectivity index (χ2v) is 4.61. The van der Waals surface area contributed by atoms with Crippen molar-refractivity contribution in [2.24, 2.45) is 5.92 Å². The molecule has 0 aliphatic carbocycles. The molecule has 1 aliphatic rings. The van der Waals surface area contributed by atoms with Crippen molar-refractivity contribution in [1.29, 1.82) is 0 Å². The summed E-state index contributed by atoms with van der Waals surface area (Å²) in [6.07, 6.45) is 0. The molecule has 1 saturated heterocycles. The van der Waals surface area contributed by atoms with Gasteiger partial charge in [0, 0.05) is 31.7 Å². The number of hydrogen-bond donors (Lipinski definition) is 1. The first-order valence-electron chi connectivity index (χ1n) is 5.37. The van der Waals surface area contributed by atoms with E-state index in [-0.39, 0.29) is 24.2 Å². The van der Waals surface area contributed by atoms with Crippen molar-refractivity contribution in [3.8, 4) is 0 Å². The molecule has 0 radical (unpaired) electrons. The highest BCUT2D eigenvalue weighted by Crippen LogP contribution is 2.13. The van der Waals surface area contributed by atoms with E-state index in [0.717, 1.165) is 23.7 Å². The van der Waals surface area contributed by atoms with E-state index in [1.807, 2.05) is 31.3 Å². The van der Waals surface area contributed by atoms with E-state index in [4.69, 9.17) is 11.6 Å². The number of carbonyl (C=O) groups excluding carboxylic acids is 1. The van der Waals surface area contributed by atoms with Gasteiger partial charge in [-0.05, 0) is 17.7 Å². The molecule has 1 amide bonds. The van der Waals surface area contributed by atoms with E-state index >= 15 is 0 Å². The lowest BCUT2D eigenvalue weighted by molar-refractivity contribution is -0.136. The van der Waals surface area contributed by atoms with Crippen LogP contribution in [-0.4, -0.2) is 30.9 Å². The number of amides is 1. The van der Waals surface area contributed by atoms with Gasteiger partial charge in [0.15, 0.2) is 0 Å². The Hall–Kier alpha value is -0.770. The van der Waals surface area contributed by atoms with Crippen LogP contribution in [0.15, 0.2) is 24.3 Å². The van der Waals surface area contributed by atoms with E-state index in [2.05, 4.69) is 5.32 Å². The van der Waals surface area contributed by atoms with Crippen molar-refractivity contribution >= 4 is 29.9 Å². The fraction of sp³-hybridized carbons (Fsp3) is 0.417. The standard InChI is InChI=1S/C12H15ClN2O.ClH/c1-15(12(16)10-6-14-7-10)8-9-2-4-11(13)5-3-9;/h2-5,10,14H,6-8H2,1H3;1H. The van der Waals surface area contributed by atoms with Crippen LogP contribution in [0.3, 0.4) is 0 Å². The van der Waals surface area contributed by atoms with Gasteiger partial charge < -0.3 is 10.2 Å². The Balaban J connectivity index is 0.00000144. The SMILES string of the molecule is CN(Cc1ccc(Cl)cc1)C(=O)C1CNC1.Cl. The normalized spacial score (nSPS) is 14.7. The molecule has 3 nitrogen and oxygen atoms in total. The lowest BCUT2D eigenvalue weighted by Gasteiger charge is -2.30. The predicted molar refractivity (Wildman–Crippen MR) is 71.5 cm³/mol. The van der Waals surface area contributed by atoms with Crippen LogP contribution in [0.4, 0.5) is 0 Å². The number of halogens is 2. The topological polar surface area (TPSA) is 32.3 Å². The zero-order chi connectivity index (χ0) is 11.5. The van der Waals surface area contributed by atoms with Crippen LogP contribution in [-0.2, 0) is 11.3 Å². The maximum atomic E-state index is 11.9. The first-order chi connectivity index (χ1) is 7.66. The van der Waals surface area contributed by atoms with Crippen LogP contribution in [0.2, 0.25) is 5.02 Å². The summed E-state index contributed by atoms with van der Waals surface area (Å²) in [5.74, 6) is 0.381. The van der Waals surface area contributed by atoms with Gasteiger partial charge in [-0.25, -0.2) is 0 Å². The third-order valence-corrected chi connectivity index (χ3v) is 3.09. The van der Waals surface area contributed by atoms with Crippen molar-refractivity contribution in [3.63, 3.8) is 0 Å². The summed E-state index contributed by atoms with van der Waals surface area (Å²) < 4.78 is 0. The minimum Gasteiger partial charge on any atom is -0.341 e. The smallest absolute Gasteiger partial charge is 0.228 e. The summed E-state index contributed by atoms with van der Waals surface area (Å²) in [6, 6.07) is 7.59. The van der Waals surface area contributed by atoms with Gasteiger partial charge in [-0.2, -0.15) is 0 Å². The third kappa shape index (κ3) is 3.60. The van der Waals surface area contributed by atoms with Crippen LogP contribution in [0, 0.1) is 5.92 Å². The van der Waals surface area contributed by atoms with Crippen molar-refractivity contribution in [1.82, 2.24) is 10.2 Å². The number of benzene rings is 1. The first-order valence-corrected chi connectivity index (χ1v) is 5.75. The summed E-state index contributed by atoms with van der Waals surface area (Å²) in [5, 5.41) is 3.83. The summed E-state index contributed by atoms with van der Waals surface area (Å²) in [5.41, 5.74) is 1.10. The zero-order valence-corrected chi connectivity index (χ0v) is 11.2. The minimum absolute atomic E-state index is 0. The quantitative estimate of drug-likeness (QED) is 0.914. The molecule has 17 heavy (non-hydrogen) atoms. The Labute approximate surface area is 113 Å². The fourth-order valence-corrected chi connectivity index (χ4v) is 1.84. The van der Waals surface area contributed by atoms with Crippen LogP contribution in [0.25, 0.3) is 0 Å². The number of carbonyl (C=O) groups is 1. The van der Waals surface area contributed by atoms with E-state index in [1.165, 1.54) is 0 Å². The Kier molecular flexibility index (Phi) is 5.25. The molecule has 0 spiro atoms. The molecule has 0 unspecified atom stereocenters. The highest BCUT2D eigenvalue weighted by atomic mass is 35.5. The number of nitrogens with one attached hydrogen (secondary N) is 1. The van der Waals surface area contributed by atoms with Crippen molar-refractivity contribution < 1.29 is 4.79 Å². The first kappa shape index (κ1) is 14.3. The van der Waals surface area contributed by atoms with Gasteiger partial charge in [0.05, 0.1) is 5.92 Å². The van der Waals surface area contributed by atoms with Crippen molar-refractivity contribution in [2.75, 3.05) is 20.1 Å². The molecule has 1 aliphatic heterocycles. The molecule has 0 bridgehead atoms. The molecule has 0 atom stereocenters. The van der Waals surface area contributed by atoms with Gasteiger partial charge >= 0.3 is 0 Å². The molecule has 94 valence electrons. The highest BCUT2D eigenvalue weighted by molar-refractivity contribution is 6.30. The maximum absolute atomic E-state index is 11.9. The average molecular weight is 275 g/mol. The van der Waals surface area contributed by atoms with E-state index in [0.29, 0.717) is 6.54 Å². The number of nitrogens with zero attached hydrogens (tertiary/aromatic N) is 1. The molecule has 0 saturated carbocycles. The van der Waals surface area contributed by atoms with Crippen LogP contribution >= 0.6 is 24.0 Å². The molecule has 1 aromatic rings. The van der Waals surface area contributed by atoms with E-state index < -0.39 is 0 Å². The lowest BCUT2D eigenvalue weighted by Crippen LogP contribution is -2.50. The molecule has 1 heterocycles. The molecule has 1 aromatic carbocycles. The van der Waals surface area contributed by atoms with Gasteiger partial charge in [0.25, 0.3) is 0 Å². The fourth-order valence-electron chi connectivity index (χ4n) is 1.72. The Morgan fingerprint density at radius 1 is 1.41 bits per heavy atom. The number of rotatable bonds is 3. The van der Waals surface area contributed by atoms with Crippen LogP contribution in [0.1, 0.15) is 5.56 Å². The monoisotopic (exact) mass is 274 g/mol. The molecule has 2 rings (SSSR count). The molecule has 1 fully saturated rings. The van der Waals surface area contributed by atoms with Gasteiger partial charge in [0.2, 0.25) is 5.91 Å².